The number of hydrogen-bond acceptors (Lipinski definition) is 7. The van der Waals surface area contributed by atoms with Crippen LogP contribution in [0.1, 0.15) is 25.8 Å². The molecule has 1 aromatic carbocycles. The molecule has 1 aromatic rings. The Morgan fingerprint density at radius 1 is 1.19 bits per heavy atom. The highest BCUT2D eigenvalue weighted by atomic mass is 32.2. The Morgan fingerprint density at radius 3 is 2.42 bits per heavy atom. The minimum absolute atomic E-state index is 0.0109. The van der Waals surface area contributed by atoms with Gasteiger partial charge in [-0.05, 0) is 18.1 Å². The second-order valence-electron chi connectivity index (χ2n) is 7.85. The number of carbonyl (C=O) groups is 2. The number of nitrogens with zero attached hydrogens (tertiary/aromatic N) is 4. The molecule has 2 rings (SSSR count). The molecular formula is C21H30N4O5S. The molecule has 0 spiro atoms. The first-order valence-corrected chi connectivity index (χ1v) is 11.7. The van der Waals surface area contributed by atoms with Crippen LogP contribution in [0.25, 0.3) is 0 Å². The summed E-state index contributed by atoms with van der Waals surface area (Å²) >= 11 is 0. The first-order valence-electron chi connectivity index (χ1n) is 10.2. The molecule has 0 radical (unpaired) electrons. The fourth-order valence-electron chi connectivity index (χ4n) is 3.49. The Balaban J connectivity index is 1.98. The first kappa shape index (κ1) is 24.8. The zero-order valence-corrected chi connectivity index (χ0v) is 19.1. The predicted molar refractivity (Wildman–Crippen MR) is 114 cm³/mol. The van der Waals surface area contributed by atoms with E-state index in [4.69, 9.17) is 0 Å². The maximum atomic E-state index is 12.9. The number of carbonyl (C=O) groups excluding carboxylic acids is 2. The summed E-state index contributed by atoms with van der Waals surface area (Å²) < 4.78 is 31.9. The monoisotopic (exact) mass is 450 g/mol. The van der Waals surface area contributed by atoms with E-state index in [1.54, 1.807) is 17.0 Å². The highest BCUT2D eigenvalue weighted by Crippen LogP contribution is 2.21. The third kappa shape index (κ3) is 6.75. The average Bonchev–Trinajstić information content (AvgIpc) is 2.76. The van der Waals surface area contributed by atoms with Gasteiger partial charge in [0.15, 0.2) is 0 Å². The summed E-state index contributed by atoms with van der Waals surface area (Å²) in [5, 5.41) is 9.22. The molecule has 0 aliphatic carbocycles. The van der Waals surface area contributed by atoms with Crippen molar-refractivity contribution in [2.45, 2.75) is 25.2 Å². The van der Waals surface area contributed by atoms with Crippen molar-refractivity contribution in [3.8, 4) is 6.07 Å². The molecule has 1 fully saturated rings. The van der Waals surface area contributed by atoms with Crippen molar-refractivity contribution in [2.75, 3.05) is 52.9 Å². The van der Waals surface area contributed by atoms with Crippen LogP contribution in [0.4, 0.5) is 0 Å². The Hall–Kier alpha value is -2.48. The van der Waals surface area contributed by atoms with Crippen LogP contribution in [-0.2, 0) is 24.3 Å². The number of methoxy groups -OCH3 is 1. The topological polar surface area (TPSA) is 111 Å². The lowest BCUT2D eigenvalue weighted by molar-refractivity contribution is -0.142. The van der Waals surface area contributed by atoms with E-state index in [-0.39, 0.29) is 61.5 Å². The molecule has 1 amide bonds. The molecule has 1 saturated heterocycles. The van der Waals surface area contributed by atoms with Crippen LogP contribution in [-0.4, -0.2) is 87.3 Å². The van der Waals surface area contributed by atoms with Gasteiger partial charge in [0.05, 0.1) is 30.5 Å². The number of hydrogen-bond donors (Lipinski definition) is 0. The van der Waals surface area contributed by atoms with Gasteiger partial charge in [0.2, 0.25) is 15.9 Å². The number of rotatable bonds is 9. The van der Waals surface area contributed by atoms with Gasteiger partial charge in [-0.3, -0.25) is 14.5 Å². The fourth-order valence-corrected chi connectivity index (χ4v) is 5.06. The van der Waals surface area contributed by atoms with Gasteiger partial charge >= 0.3 is 5.97 Å². The van der Waals surface area contributed by atoms with Crippen molar-refractivity contribution in [1.82, 2.24) is 14.1 Å². The van der Waals surface area contributed by atoms with Gasteiger partial charge in [-0.2, -0.15) is 9.57 Å². The van der Waals surface area contributed by atoms with E-state index >= 15 is 0 Å². The summed E-state index contributed by atoms with van der Waals surface area (Å²) in [7, 11) is -2.47. The van der Waals surface area contributed by atoms with Crippen molar-refractivity contribution < 1.29 is 22.7 Å². The second-order valence-corrected chi connectivity index (χ2v) is 9.75. The molecule has 0 atom stereocenters. The summed E-state index contributed by atoms with van der Waals surface area (Å²) in [5.74, 6) is -0.0923. The molecule has 1 aliphatic rings. The summed E-state index contributed by atoms with van der Waals surface area (Å²) in [5.41, 5.74) is 0.107. The van der Waals surface area contributed by atoms with Crippen LogP contribution in [0.2, 0.25) is 0 Å². The van der Waals surface area contributed by atoms with Crippen LogP contribution in [0.15, 0.2) is 29.2 Å². The standard InChI is InChI=1S/C21H30N4O5S/c1-17(2)15-23(9-8-21(27)30-3)16-20(26)24-10-12-25(13-11-24)31(28,29)19-7-5-4-6-18(19)14-22/h4-7,17H,8-13,15-16H2,1-3H3. The molecule has 1 heterocycles. The van der Waals surface area contributed by atoms with E-state index in [1.165, 1.54) is 23.5 Å². The third-order valence-electron chi connectivity index (χ3n) is 5.06. The number of piperazine rings is 1. The second kappa shape index (κ2) is 11.2. The molecule has 0 saturated carbocycles. The van der Waals surface area contributed by atoms with Crippen molar-refractivity contribution in [1.29, 1.82) is 5.26 Å². The van der Waals surface area contributed by atoms with Crippen LogP contribution in [0, 0.1) is 17.2 Å². The highest BCUT2D eigenvalue weighted by Gasteiger charge is 2.32. The van der Waals surface area contributed by atoms with E-state index in [2.05, 4.69) is 4.74 Å². The third-order valence-corrected chi connectivity index (χ3v) is 7.02. The molecule has 0 unspecified atom stereocenters. The molecule has 31 heavy (non-hydrogen) atoms. The molecule has 0 bridgehead atoms. The van der Waals surface area contributed by atoms with Crippen molar-refractivity contribution >= 4 is 21.9 Å². The molecule has 170 valence electrons. The van der Waals surface area contributed by atoms with Crippen LogP contribution < -0.4 is 0 Å². The minimum Gasteiger partial charge on any atom is -0.469 e. The Morgan fingerprint density at radius 2 is 1.84 bits per heavy atom. The van der Waals surface area contributed by atoms with Gasteiger partial charge in [-0.15, -0.1) is 0 Å². The maximum absolute atomic E-state index is 12.9. The van der Waals surface area contributed by atoms with Crippen molar-refractivity contribution in [2.24, 2.45) is 5.92 Å². The number of amides is 1. The summed E-state index contributed by atoms with van der Waals surface area (Å²) in [4.78, 5) is 27.8. The van der Waals surface area contributed by atoms with Crippen molar-refractivity contribution in [3.05, 3.63) is 29.8 Å². The number of ether oxygens (including phenoxy) is 1. The molecular weight excluding hydrogens is 420 g/mol. The van der Waals surface area contributed by atoms with Gasteiger partial charge in [0, 0.05) is 39.3 Å². The number of benzene rings is 1. The van der Waals surface area contributed by atoms with Gasteiger partial charge in [0.1, 0.15) is 6.07 Å². The predicted octanol–water partition coefficient (Wildman–Crippen LogP) is 0.912. The first-order chi connectivity index (χ1) is 14.7. The molecule has 1 aliphatic heterocycles. The van der Waals surface area contributed by atoms with Gasteiger partial charge in [0.25, 0.3) is 0 Å². The molecule has 0 aromatic heterocycles. The van der Waals surface area contributed by atoms with Crippen LogP contribution in [0.5, 0.6) is 0 Å². The number of esters is 1. The average molecular weight is 451 g/mol. The fraction of sp³-hybridized carbons (Fsp3) is 0.571. The molecule has 0 N–H and O–H groups in total. The lowest BCUT2D eigenvalue weighted by Crippen LogP contribution is -2.52. The smallest absolute Gasteiger partial charge is 0.306 e. The van der Waals surface area contributed by atoms with E-state index in [1.807, 2.05) is 24.8 Å². The SMILES string of the molecule is COC(=O)CCN(CC(=O)N1CCN(S(=O)(=O)c2ccccc2C#N)CC1)CC(C)C. The Kier molecular flexibility index (Phi) is 8.98. The normalized spacial score (nSPS) is 15.2. The van der Waals surface area contributed by atoms with E-state index < -0.39 is 10.0 Å². The summed E-state index contributed by atoms with van der Waals surface area (Å²) in [6, 6.07) is 8.03. The highest BCUT2D eigenvalue weighted by molar-refractivity contribution is 7.89. The maximum Gasteiger partial charge on any atom is 0.306 e. The zero-order chi connectivity index (χ0) is 23.0. The van der Waals surface area contributed by atoms with Gasteiger partial charge < -0.3 is 9.64 Å². The lowest BCUT2D eigenvalue weighted by atomic mass is 10.2. The van der Waals surface area contributed by atoms with Crippen LogP contribution in [0.3, 0.4) is 0 Å². The van der Waals surface area contributed by atoms with E-state index in [0.29, 0.717) is 19.0 Å². The molecule has 10 heteroatoms. The number of sulfonamides is 1. The summed E-state index contributed by atoms with van der Waals surface area (Å²) in [6.45, 7) is 6.23. The molecule has 9 nitrogen and oxygen atoms in total. The minimum atomic E-state index is -3.80. The van der Waals surface area contributed by atoms with E-state index in [9.17, 15) is 23.3 Å². The van der Waals surface area contributed by atoms with E-state index in [0.717, 1.165) is 0 Å². The Labute approximate surface area is 184 Å². The Bertz CT molecular complexity index is 918. The van der Waals surface area contributed by atoms with Crippen molar-refractivity contribution in [3.63, 3.8) is 0 Å². The summed E-state index contributed by atoms with van der Waals surface area (Å²) in [6.07, 6.45) is 0.209. The van der Waals surface area contributed by atoms with Gasteiger partial charge in [-0.25, -0.2) is 8.42 Å². The number of nitriles is 1. The lowest BCUT2D eigenvalue weighted by Gasteiger charge is -2.35. The zero-order valence-electron chi connectivity index (χ0n) is 18.3. The van der Waals surface area contributed by atoms with Crippen LogP contribution >= 0.6 is 0 Å². The van der Waals surface area contributed by atoms with Gasteiger partial charge in [-0.1, -0.05) is 26.0 Å². The largest absolute Gasteiger partial charge is 0.469 e. The quantitative estimate of drug-likeness (QED) is 0.514.